The molecule has 0 saturated carbocycles. The summed E-state index contributed by atoms with van der Waals surface area (Å²) in [5, 5.41) is 0. The van der Waals surface area contributed by atoms with Crippen LogP contribution < -0.4 is 5.73 Å². The Morgan fingerprint density at radius 3 is 3.00 bits per heavy atom. The standard InChI is InChI=1S/C15H19FN2O/c1-19-15-4-6-18(11-15)10-13-7-12(3-2-5-17)8-14(16)9-13/h7-9,15H,4-6,10-11,17H2,1H3. The van der Waals surface area contributed by atoms with Crippen LogP contribution in [-0.4, -0.2) is 37.7 Å². The van der Waals surface area contributed by atoms with E-state index in [1.54, 1.807) is 13.2 Å². The van der Waals surface area contributed by atoms with E-state index in [4.69, 9.17) is 10.5 Å². The summed E-state index contributed by atoms with van der Waals surface area (Å²) in [5.41, 5.74) is 6.95. The number of hydrogen-bond donors (Lipinski definition) is 1. The van der Waals surface area contributed by atoms with Gasteiger partial charge in [-0.05, 0) is 30.2 Å². The number of ether oxygens (including phenoxy) is 1. The molecular weight excluding hydrogens is 243 g/mol. The van der Waals surface area contributed by atoms with Gasteiger partial charge in [0.05, 0.1) is 12.6 Å². The zero-order valence-corrected chi connectivity index (χ0v) is 11.2. The highest BCUT2D eigenvalue weighted by Crippen LogP contribution is 2.17. The van der Waals surface area contributed by atoms with Gasteiger partial charge < -0.3 is 10.5 Å². The van der Waals surface area contributed by atoms with Crippen molar-refractivity contribution in [2.45, 2.75) is 19.1 Å². The minimum atomic E-state index is -0.249. The van der Waals surface area contributed by atoms with E-state index in [9.17, 15) is 4.39 Å². The van der Waals surface area contributed by atoms with Crippen LogP contribution in [0.15, 0.2) is 18.2 Å². The lowest BCUT2D eigenvalue weighted by Gasteiger charge is -2.15. The van der Waals surface area contributed by atoms with Crippen LogP contribution in [0.2, 0.25) is 0 Å². The van der Waals surface area contributed by atoms with Crippen LogP contribution in [0.1, 0.15) is 17.5 Å². The fourth-order valence-corrected chi connectivity index (χ4v) is 2.36. The number of rotatable bonds is 3. The largest absolute Gasteiger partial charge is 0.380 e. The molecule has 2 rings (SSSR count). The fraction of sp³-hybridized carbons (Fsp3) is 0.467. The predicted molar refractivity (Wildman–Crippen MR) is 73.0 cm³/mol. The van der Waals surface area contributed by atoms with Crippen molar-refractivity contribution in [3.8, 4) is 11.8 Å². The summed E-state index contributed by atoms with van der Waals surface area (Å²) >= 11 is 0. The van der Waals surface area contributed by atoms with Crippen molar-refractivity contribution in [3.63, 3.8) is 0 Å². The highest BCUT2D eigenvalue weighted by atomic mass is 19.1. The number of halogens is 1. The van der Waals surface area contributed by atoms with Gasteiger partial charge in [0.25, 0.3) is 0 Å². The Labute approximate surface area is 113 Å². The van der Waals surface area contributed by atoms with E-state index in [0.29, 0.717) is 11.7 Å². The zero-order valence-electron chi connectivity index (χ0n) is 11.2. The maximum atomic E-state index is 13.5. The van der Waals surface area contributed by atoms with Crippen molar-refractivity contribution in [2.75, 3.05) is 26.7 Å². The molecule has 1 atom stereocenters. The molecule has 0 aliphatic carbocycles. The van der Waals surface area contributed by atoms with E-state index in [1.807, 2.05) is 6.07 Å². The van der Waals surface area contributed by atoms with Gasteiger partial charge in [0.1, 0.15) is 5.82 Å². The van der Waals surface area contributed by atoms with Crippen LogP contribution in [0.3, 0.4) is 0 Å². The Kier molecular flexibility index (Phi) is 4.92. The third kappa shape index (κ3) is 4.03. The second-order valence-corrected chi connectivity index (χ2v) is 4.74. The molecule has 3 nitrogen and oxygen atoms in total. The second-order valence-electron chi connectivity index (χ2n) is 4.74. The van der Waals surface area contributed by atoms with Crippen molar-refractivity contribution in [1.82, 2.24) is 4.90 Å². The molecule has 1 saturated heterocycles. The Morgan fingerprint density at radius 2 is 2.32 bits per heavy atom. The van der Waals surface area contributed by atoms with Crippen LogP contribution in [0.5, 0.6) is 0 Å². The lowest BCUT2D eigenvalue weighted by Crippen LogP contribution is -2.22. The van der Waals surface area contributed by atoms with Gasteiger partial charge in [0.15, 0.2) is 0 Å². The van der Waals surface area contributed by atoms with E-state index in [-0.39, 0.29) is 12.4 Å². The van der Waals surface area contributed by atoms with Crippen LogP contribution in [0.4, 0.5) is 4.39 Å². The van der Waals surface area contributed by atoms with E-state index < -0.39 is 0 Å². The molecule has 1 aromatic rings. The monoisotopic (exact) mass is 262 g/mol. The summed E-state index contributed by atoms with van der Waals surface area (Å²) in [6.07, 6.45) is 1.33. The first-order chi connectivity index (χ1) is 9.21. The average molecular weight is 262 g/mol. The SMILES string of the molecule is COC1CCN(Cc2cc(F)cc(C#CCN)c2)C1. The molecule has 0 aromatic heterocycles. The predicted octanol–water partition coefficient (Wildman–Crippen LogP) is 1.36. The molecule has 1 unspecified atom stereocenters. The van der Waals surface area contributed by atoms with E-state index >= 15 is 0 Å². The molecule has 4 heteroatoms. The highest BCUT2D eigenvalue weighted by molar-refractivity contribution is 5.38. The number of hydrogen-bond acceptors (Lipinski definition) is 3. The maximum Gasteiger partial charge on any atom is 0.124 e. The first-order valence-electron chi connectivity index (χ1n) is 6.45. The zero-order chi connectivity index (χ0) is 13.7. The molecule has 19 heavy (non-hydrogen) atoms. The summed E-state index contributed by atoms with van der Waals surface area (Å²) in [4.78, 5) is 2.27. The Morgan fingerprint density at radius 1 is 1.47 bits per heavy atom. The van der Waals surface area contributed by atoms with Gasteiger partial charge in [-0.2, -0.15) is 0 Å². The quantitative estimate of drug-likeness (QED) is 0.836. The molecule has 2 N–H and O–H groups in total. The van der Waals surface area contributed by atoms with Gasteiger partial charge in [0, 0.05) is 32.3 Å². The number of nitrogens with two attached hydrogens (primary N) is 1. The minimum absolute atomic E-state index is 0.249. The molecule has 0 radical (unpaired) electrons. The lowest BCUT2D eigenvalue weighted by molar-refractivity contribution is 0.107. The first kappa shape index (κ1) is 14.0. The van der Waals surface area contributed by atoms with E-state index in [2.05, 4.69) is 16.7 Å². The van der Waals surface area contributed by atoms with Crippen LogP contribution in [0.25, 0.3) is 0 Å². The normalized spacial score (nSPS) is 19.2. The molecule has 102 valence electrons. The minimum Gasteiger partial charge on any atom is -0.380 e. The smallest absolute Gasteiger partial charge is 0.124 e. The van der Waals surface area contributed by atoms with Crippen LogP contribution in [-0.2, 0) is 11.3 Å². The topological polar surface area (TPSA) is 38.5 Å². The highest BCUT2D eigenvalue weighted by Gasteiger charge is 2.21. The van der Waals surface area contributed by atoms with Gasteiger partial charge in [-0.1, -0.05) is 11.8 Å². The van der Waals surface area contributed by atoms with Crippen molar-refractivity contribution >= 4 is 0 Å². The summed E-state index contributed by atoms with van der Waals surface area (Å²) in [6, 6.07) is 4.92. The molecule has 0 amide bonds. The van der Waals surface area contributed by atoms with Crippen molar-refractivity contribution in [2.24, 2.45) is 5.73 Å². The molecule has 0 bridgehead atoms. The number of likely N-dealkylation sites (tertiary alicyclic amines) is 1. The number of nitrogens with zero attached hydrogens (tertiary/aromatic N) is 1. The van der Waals surface area contributed by atoms with Gasteiger partial charge in [-0.25, -0.2) is 4.39 Å². The van der Waals surface area contributed by atoms with E-state index in [0.717, 1.165) is 31.6 Å². The molecule has 1 fully saturated rings. The third-order valence-electron chi connectivity index (χ3n) is 3.26. The van der Waals surface area contributed by atoms with Crippen LogP contribution in [0, 0.1) is 17.7 Å². The Hall–Kier alpha value is -1.41. The average Bonchev–Trinajstić information content (AvgIpc) is 2.83. The second kappa shape index (κ2) is 6.67. The van der Waals surface area contributed by atoms with Gasteiger partial charge in [0.2, 0.25) is 0 Å². The summed E-state index contributed by atoms with van der Waals surface area (Å²) in [5.74, 6) is 5.37. The Balaban J connectivity index is 2.06. The van der Waals surface area contributed by atoms with E-state index in [1.165, 1.54) is 6.07 Å². The summed E-state index contributed by atoms with van der Waals surface area (Å²) in [6.45, 7) is 2.90. The number of benzene rings is 1. The molecule has 1 aliphatic rings. The summed E-state index contributed by atoms with van der Waals surface area (Å²) in [7, 11) is 1.73. The van der Waals surface area contributed by atoms with Gasteiger partial charge in [-0.3, -0.25) is 4.90 Å². The maximum absolute atomic E-state index is 13.5. The number of methoxy groups -OCH3 is 1. The molecule has 1 aromatic carbocycles. The Bertz CT molecular complexity index is 493. The lowest BCUT2D eigenvalue weighted by atomic mass is 10.1. The van der Waals surface area contributed by atoms with Crippen LogP contribution >= 0.6 is 0 Å². The van der Waals surface area contributed by atoms with Crippen molar-refractivity contribution in [3.05, 3.63) is 35.1 Å². The first-order valence-corrected chi connectivity index (χ1v) is 6.45. The summed E-state index contributed by atoms with van der Waals surface area (Å²) < 4.78 is 18.9. The fourth-order valence-electron chi connectivity index (χ4n) is 2.36. The molecule has 0 spiro atoms. The van der Waals surface area contributed by atoms with Crippen molar-refractivity contribution in [1.29, 1.82) is 0 Å². The molecular formula is C15H19FN2O. The molecule has 1 heterocycles. The van der Waals surface area contributed by atoms with Gasteiger partial charge >= 0.3 is 0 Å². The molecule has 1 aliphatic heterocycles. The third-order valence-corrected chi connectivity index (χ3v) is 3.26. The van der Waals surface area contributed by atoms with Crippen molar-refractivity contribution < 1.29 is 9.13 Å². The van der Waals surface area contributed by atoms with Gasteiger partial charge in [-0.15, -0.1) is 0 Å².